The molecule has 2 aliphatic rings. The van der Waals surface area contributed by atoms with Crippen molar-refractivity contribution in [2.24, 2.45) is 0 Å². The molecule has 1 fully saturated rings. The SMILES string of the molecule is CCCNC(=O)NC(C(=O)N[C@@]1(OC)C(=O)N2C(C(=O)O)=C(CSc3cn[nH]n3)CSC21)c1cccs1. The van der Waals surface area contributed by atoms with Gasteiger partial charge in [-0.1, -0.05) is 24.8 Å². The number of aromatic nitrogens is 3. The quantitative estimate of drug-likeness (QED) is 0.150. The number of hydrogen-bond donors (Lipinski definition) is 5. The van der Waals surface area contributed by atoms with E-state index in [0.29, 0.717) is 33.5 Å². The zero-order valence-corrected chi connectivity index (χ0v) is 22.3. The number of H-pyrrole nitrogens is 1. The minimum atomic E-state index is -1.79. The molecule has 37 heavy (non-hydrogen) atoms. The van der Waals surface area contributed by atoms with Gasteiger partial charge in [0.25, 0.3) is 17.5 Å². The van der Waals surface area contributed by atoms with Gasteiger partial charge in [-0.3, -0.25) is 14.5 Å². The number of urea groups is 1. The van der Waals surface area contributed by atoms with Crippen molar-refractivity contribution in [3.8, 4) is 0 Å². The molecule has 2 unspecified atom stereocenters. The maximum atomic E-state index is 13.4. The van der Waals surface area contributed by atoms with Crippen LogP contribution in [0.25, 0.3) is 0 Å². The van der Waals surface area contributed by atoms with E-state index in [9.17, 15) is 24.3 Å². The number of aliphatic carboxylic acids is 1. The fourth-order valence-electron chi connectivity index (χ4n) is 3.87. The molecule has 3 atom stereocenters. The number of thioether (sulfide) groups is 2. The summed E-state index contributed by atoms with van der Waals surface area (Å²) in [5, 5.41) is 29.6. The first-order valence-electron chi connectivity index (χ1n) is 11.2. The third-order valence-electron chi connectivity index (χ3n) is 5.63. The number of β-lactam (4-membered cyclic amide) rings is 1. The summed E-state index contributed by atoms with van der Waals surface area (Å²) in [7, 11) is 1.28. The van der Waals surface area contributed by atoms with Gasteiger partial charge < -0.3 is 25.8 Å². The fourth-order valence-corrected chi connectivity index (χ4v) is 7.01. The highest BCUT2D eigenvalue weighted by atomic mass is 32.2. The molecule has 0 spiro atoms. The molecule has 2 aliphatic heterocycles. The normalized spacial score (nSPS) is 21.6. The number of ether oxygens (including phenoxy) is 1. The van der Waals surface area contributed by atoms with Crippen molar-refractivity contribution in [2.75, 3.05) is 25.2 Å². The Morgan fingerprint density at radius 2 is 2.24 bits per heavy atom. The second-order valence-electron chi connectivity index (χ2n) is 7.97. The smallest absolute Gasteiger partial charge is 0.352 e. The number of methoxy groups -OCH3 is 1. The highest BCUT2D eigenvalue weighted by Crippen LogP contribution is 2.47. The zero-order chi connectivity index (χ0) is 26.6. The van der Waals surface area contributed by atoms with Crippen molar-refractivity contribution in [2.45, 2.75) is 35.5 Å². The van der Waals surface area contributed by atoms with Gasteiger partial charge in [0.1, 0.15) is 22.1 Å². The van der Waals surface area contributed by atoms with Crippen molar-refractivity contribution in [1.82, 2.24) is 36.3 Å². The van der Waals surface area contributed by atoms with Gasteiger partial charge in [0, 0.05) is 30.0 Å². The molecular weight excluding hydrogens is 542 g/mol. The van der Waals surface area contributed by atoms with E-state index >= 15 is 0 Å². The van der Waals surface area contributed by atoms with Gasteiger partial charge in [0.2, 0.25) is 0 Å². The maximum Gasteiger partial charge on any atom is 0.352 e. The van der Waals surface area contributed by atoms with Gasteiger partial charge in [-0.2, -0.15) is 10.3 Å². The Bertz CT molecular complexity index is 1190. The van der Waals surface area contributed by atoms with E-state index in [-0.39, 0.29) is 5.70 Å². The van der Waals surface area contributed by atoms with Crippen molar-refractivity contribution >= 4 is 58.7 Å². The standard InChI is InChI=1S/C21H25N7O6S3/c1-3-6-22-20(33)24-14(12-5-4-7-35-12)16(29)25-21(34-2)18(32)28-15(17(30)31)11(10-37-19(21)28)9-36-13-8-23-27-26-13/h4-5,7-8,14,19H,3,6,9-10H2,1-2H3,(H,25,29)(H,30,31)(H2,22,24,33)(H,23,26,27)/t14?,19?,21-/m1/s1. The lowest BCUT2D eigenvalue weighted by molar-refractivity contribution is -0.192. The number of carboxylic acid groups (broad SMARTS) is 1. The number of carboxylic acids is 1. The molecule has 0 saturated carbocycles. The van der Waals surface area contributed by atoms with Crippen molar-refractivity contribution in [3.05, 3.63) is 39.9 Å². The van der Waals surface area contributed by atoms with Crippen molar-refractivity contribution < 1.29 is 29.0 Å². The van der Waals surface area contributed by atoms with Gasteiger partial charge in [-0.15, -0.1) is 28.2 Å². The number of carbonyl (C=O) groups is 4. The van der Waals surface area contributed by atoms with E-state index in [2.05, 4.69) is 31.4 Å². The first-order valence-corrected chi connectivity index (χ1v) is 14.1. The van der Waals surface area contributed by atoms with Gasteiger partial charge in [-0.25, -0.2) is 9.59 Å². The number of carbonyl (C=O) groups excluding carboxylic acids is 3. The molecule has 4 amide bonds. The summed E-state index contributed by atoms with van der Waals surface area (Å²) in [4.78, 5) is 53.0. The third-order valence-corrected chi connectivity index (χ3v) is 8.93. The van der Waals surface area contributed by atoms with Gasteiger partial charge in [-0.05, 0) is 23.4 Å². The Hall–Kier alpha value is -3.08. The molecule has 1 saturated heterocycles. The topological polar surface area (TPSA) is 179 Å². The monoisotopic (exact) mass is 567 g/mol. The summed E-state index contributed by atoms with van der Waals surface area (Å²) in [5.74, 6) is -2.02. The molecule has 0 aromatic carbocycles. The van der Waals surface area contributed by atoms with Crippen LogP contribution in [0.4, 0.5) is 4.79 Å². The molecule has 5 N–H and O–H groups in total. The highest BCUT2D eigenvalue weighted by Gasteiger charge is 2.67. The average Bonchev–Trinajstić information content (AvgIpc) is 3.61. The number of hydrogen-bond acceptors (Lipinski definition) is 10. The molecule has 0 radical (unpaired) electrons. The number of rotatable bonds is 11. The highest BCUT2D eigenvalue weighted by molar-refractivity contribution is 8.01. The van der Waals surface area contributed by atoms with E-state index in [0.717, 1.165) is 11.3 Å². The first kappa shape index (κ1) is 27.0. The summed E-state index contributed by atoms with van der Waals surface area (Å²) in [6.07, 6.45) is 2.24. The molecular formula is C21H25N7O6S3. The second-order valence-corrected chi connectivity index (χ2v) is 11.0. The summed E-state index contributed by atoms with van der Waals surface area (Å²) in [6, 6.07) is 1.83. The zero-order valence-electron chi connectivity index (χ0n) is 19.8. The van der Waals surface area contributed by atoms with Crippen LogP contribution in [0.1, 0.15) is 24.3 Å². The minimum Gasteiger partial charge on any atom is -0.477 e. The lowest BCUT2D eigenvalue weighted by Crippen LogP contribution is -2.81. The van der Waals surface area contributed by atoms with E-state index in [4.69, 9.17) is 4.74 Å². The fraction of sp³-hybridized carbons (Fsp3) is 0.429. The predicted molar refractivity (Wildman–Crippen MR) is 137 cm³/mol. The minimum absolute atomic E-state index is 0.140. The third kappa shape index (κ3) is 5.32. The molecule has 13 nitrogen and oxygen atoms in total. The Labute approximate surface area is 224 Å². The molecule has 4 rings (SSSR count). The summed E-state index contributed by atoms with van der Waals surface area (Å²) in [6.45, 7) is 2.33. The van der Waals surface area contributed by atoms with Crippen LogP contribution >= 0.6 is 34.9 Å². The number of aromatic amines is 1. The molecule has 16 heteroatoms. The number of fused-ring (bicyclic) bond motifs is 1. The Kier molecular flexibility index (Phi) is 8.41. The van der Waals surface area contributed by atoms with Crippen molar-refractivity contribution in [3.63, 3.8) is 0 Å². The van der Waals surface area contributed by atoms with Crippen LogP contribution < -0.4 is 16.0 Å². The van der Waals surface area contributed by atoms with Gasteiger partial charge >= 0.3 is 12.0 Å². The van der Waals surface area contributed by atoms with Gasteiger partial charge in [0.15, 0.2) is 0 Å². The first-order chi connectivity index (χ1) is 17.8. The average molecular weight is 568 g/mol. The molecule has 4 heterocycles. The lowest BCUT2D eigenvalue weighted by Gasteiger charge is -2.56. The molecule has 2 aromatic rings. The largest absolute Gasteiger partial charge is 0.477 e. The number of thiophene rings is 1. The number of amides is 4. The van der Waals surface area contributed by atoms with Crippen molar-refractivity contribution in [1.29, 1.82) is 0 Å². The van der Waals surface area contributed by atoms with Crippen LogP contribution in [0.2, 0.25) is 0 Å². The van der Waals surface area contributed by atoms with E-state index < -0.39 is 41.0 Å². The second kappa shape index (κ2) is 11.5. The van der Waals surface area contributed by atoms with E-state index in [1.54, 1.807) is 17.5 Å². The van der Waals surface area contributed by atoms with Crippen LogP contribution in [0.15, 0.2) is 40.0 Å². The number of nitrogens with one attached hydrogen (secondary N) is 4. The Morgan fingerprint density at radius 3 is 2.86 bits per heavy atom. The molecule has 0 bridgehead atoms. The summed E-state index contributed by atoms with van der Waals surface area (Å²) >= 11 is 3.84. The molecule has 2 aromatic heterocycles. The van der Waals surface area contributed by atoms with Gasteiger partial charge in [0.05, 0.1) is 6.20 Å². The van der Waals surface area contributed by atoms with Crippen LogP contribution in [0.5, 0.6) is 0 Å². The van der Waals surface area contributed by atoms with E-state index in [1.807, 2.05) is 6.92 Å². The van der Waals surface area contributed by atoms with Crippen LogP contribution in [0, 0.1) is 0 Å². The molecule has 198 valence electrons. The molecule has 0 aliphatic carbocycles. The number of nitrogens with zero attached hydrogens (tertiary/aromatic N) is 3. The predicted octanol–water partition coefficient (Wildman–Crippen LogP) is 1.12. The summed E-state index contributed by atoms with van der Waals surface area (Å²) < 4.78 is 5.53. The van der Waals surface area contributed by atoms with E-state index in [1.165, 1.54) is 48.2 Å². The maximum absolute atomic E-state index is 13.4. The van der Waals surface area contributed by atoms with Crippen LogP contribution in [-0.2, 0) is 19.1 Å². The lowest BCUT2D eigenvalue weighted by atomic mass is 9.97. The van der Waals surface area contributed by atoms with Crippen LogP contribution in [-0.4, -0.2) is 85.5 Å². The summed E-state index contributed by atoms with van der Waals surface area (Å²) in [5.41, 5.74) is -1.39. The van der Waals surface area contributed by atoms with Crippen LogP contribution in [0.3, 0.4) is 0 Å². The Balaban J connectivity index is 1.54. The Morgan fingerprint density at radius 1 is 1.43 bits per heavy atom.